The Morgan fingerprint density at radius 1 is 1.30 bits per heavy atom. The SMILES string of the molecule is COCCOC[C@@H]1CCN(C(=O)OC(C)(C)C)CCO1. The monoisotopic (exact) mass is 289 g/mol. The van der Waals surface area contributed by atoms with E-state index in [2.05, 4.69) is 0 Å². The highest BCUT2D eigenvalue weighted by molar-refractivity contribution is 5.68. The average molecular weight is 289 g/mol. The third-order valence-electron chi connectivity index (χ3n) is 2.82. The van der Waals surface area contributed by atoms with E-state index in [0.29, 0.717) is 39.5 Å². The lowest BCUT2D eigenvalue weighted by molar-refractivity contribution is -0.0222. The molecule has 20 heavy (non-hydrogen) atoms. The molecule has 6 heteroatoms. The van der Waals surface area contributed by atoms with Crippen molar-refractivity contribution in [2.75, 3.05) is 46.6 Å². The number of rotatable bonds is 5. The van der Waals surface area contributed by atoms with Crippen molar-refractivity contribution < 1.29 is 23.7 Å². The molecular formula is C14H27NO5. The topological polar surface area (TPSA) is 57.2 Å². The van der Waals surface area contributed by atoms with Crippen molar-refractivity contribution >= 4 is 6.09 Å². The van der Waals surface area contributed by atoms with Crippen LogP contribution in [0, 0.1) is 0 Å². The smallest absolute Gasteiger partial charge is 0.410 e. The van der Waals surface area contributed by atoms with Crippen LogP contribution in [0.3, 0.4) is 0 Å². The lowest BCUT2D eigenvalue weighted by Crippen LogP contribution is -2.38. The van der Waals surface area contributed by atoms with E-state index in [1.807, 2.05) is 20.8 Å². The molecule has 6 nitrogen and oxygen atoms in total. The molecule has 118 valence electrons. The number of carbonyl (C=O) groups excluding carboxylic acids is 1. The van der Waals surface area contributed by atoms with E-state index in [1.165, 1.54) is 0 Å². The fourth-order valence-electron chi connectivity index (χ4n) is 1.82. The van der Waals surface area contributed by atoms with Crippen LogP contribution in [0.4, 0.5) is 4.79 Å². The molecule has 1 rings (SSSR count). The first kappa shape index (κ1) is 17.2. The second-order valence-electron chi connectivity index (χ2n) is 5.82. The molecule has 0 radical (unpaired) electrons. The van der Waals surface area contributed by atoms with E-state index in [0.717, 1.165) is 6.42 Å². The predicted octanol–water partition coefficient (Wildman–Crippen LogP) is 1.68. The van der Waals surface area contributed by atoms with Gasteiger partial charge >= 0.3 is 6.09 Å². The molecule has 1 fully saturated rings. The zero-order valence-electron chi connectivity index (χ0n) is 13.0. The highest BCUT2D eigenvalue weighted by Gasteiger charge is 2.25. The van der Waals surface area contributed by atoms with Crippen molar-refractivity contribution in [3.8, 4) is 0 Å². The van der Waals surface area contributed by atoms with Crippen LogP contribution in [0.1, 0.15) is 27.2 Å². The molecule has 0 spiro atoms. The first-order chi connectivity index (χ1) is 9.42. The van der Waals surface area contributed by atoms with E-state index >= 15 is 0 Å². The summed E-state index contributed by atoms with van der Waals surface area (Å²) in [6, 6.07) is 0. The highest BCUT2D eigenvalue weighted by Crippen LogP contribution is 2.13. The van der Waals surface area contributed by atoms with Gasteiger partial charge < -0.3 is 23.8 Å². The zero-order valence-corrected chi connectivity index (χ0v) is 13.0. The Balaban J connectivity index is 2.30. The van der Waals surface area contributed by atoms with Crippen LogP contribution in [0.25, 0.3) is 0 Å². The maximum absolute atomic E-state index is 12.0. The summed E-state index contributed by atoms with van der Waals surface area (Å²) in [4.78, 5) is 13.7. The maximum Gasteiger partial charge on any atom is 0.410 e. The molecule has 0 aromatic carbocycles. The molecule has 0 saturated carbocycles. The molecule has 0 aliphatic carbocycles. The van der Waals surface area contributed by atoms with E-state index in [1.54, 1.807) is 12.0 Å². The Morgan fingerprint density at radius 3 is 2.70 bits per heavy atom. The molecule has 1 atom stereocenters. The minimum atomic E-state index is -0.465. The number of hydrogen-bond acceptors (Lipinski definition) is 5. The van der Waals surface area contributed by atoms with Gasteiger partial charge in [-0.05, 0) is 27.2 Å². The summed E-state index contributed by atoms with van der Waals surface area (Å²) in [6.45, 7) is 8.98. The highest BCUT2D eigenvalue weighted by atomic mass is 16.6. The normalized spacial score (nSPS) is 20.6. The van der Waals surface area contributed by atoms with Crippen molar-refractivity contribution in [1.82, 2.24) is 4.90 Å². The van der Waals surface area contributed by atoms with Gasteiger partial charge in [0, 0.05) is 20.2 Å². The van der Waals surface area contributed by atoms with E-state index < -0.39 is 5.60 Å². The predicted molar refractivity (Wildman–Crippen MR) is 74.9 cm³/mol. The standard InChI is InChI=1S/C14H27NO5/c1-14(2,3)20-13(16)15-6-5-12(19-8-7-15)11-18-10-9-17-4/h12H,5-11H2,1-4H3/t12-/m0/s1. The zero-order chi connectivity index (χ0) is 15.0. The van der Waals surface area contributed by atoms with Gasteiger partial charge in [0.25, 0.3) is 0 Å². The molecule has 0 aromatic rings. The fourth-order valence-corrected chi connectivity index (χ4v) is 1.82. The molecule has 0 unspecified atom stereocenters. The van der Waals surface area contributed by atoms with E-state index in [9.17, 15) is 4.79 Å². The average Bonchev–Trinajstić information content (AvgIpc) is 2.58. The quantitative estimate of drug-likeness (QED) is 0.721. The number of ether oxygens (including phenoxy) is 4. The van der Waals surface area contributed by atoms with Crippen LogP contribution in [-0.2, 0) is 18.9 Å². The summed E-state index contributed by atoms with van der Waals surface area (Å²) in [7, 11) is 1.64. The van der Waals surface area contributed by atoms with Crippen molar-refractivity contribution in [1.29, 1.82) is 0 Å². The van der Waals surface area contributed by atoms with Crippen LogP contribution in [0.5, 0.6) is 0 Å². The molecule has 0 N–H and O–H groups in total. The summed E-state index contributed by atoms with van der Waals surface area (Å²) in [5.74, 6) is 0. The van der Waals surface area contributed by atoms with Crippen molar-refractivity contribution in [3.05, 3.63) is 0 Å². The maximum atomic E-state index is 12.0. The first-order valence-corrected chi connectivity index (χ1v) is 7.08. The van der Waals surface area contributed by atoms with Crippen LogP contribution in [0.2, 0.25) is 0 Å². The van der Waals surface area contributed by atoms with E-state index in [4.69, 9.17) is 18.9 Å². The van der Waals surface area contributed by atoms with Gasteiger partial charge in [-0.2, -0.15) is 0 Å². The number of hydrogen-bond donors (Lipinski definition) is 0. The van der Waals surface area contributed by atoms with E-state index in [-0.39, 0.29) is 12.2 Å². The molecule has 0 aromatic heterocycles. The molecule has 0 bridgehead atoms. The first-order valence-electron chi connectivity index (χ1n) is 7.08. The molecule has 1 saturated heterocycles. The largest absolute Gasteiger partial charge is 0.444 e. The minimum absolute atomic E-state index is 0.0271. The van der Waals surface area contributed by atoms with Crippen LogP contribution >= 0.6 is 0 Å². The van der Waals surface area contributed by atoms with Crippen LogP contribution in [-0.4, -0.2) is 69.3 Å². The van der Waals surface area contributed by atoms with Gasteiger partial charge in [-0.1, -0.05) is 0 Å². The Hall–Kier alpha value is -0.850. The van der Waals surface area contributed by atoms with Crippen molar-refractivity contribution in [3.63, 3.8) is 0 Å². The summed E-state index contributed by atoms with van der Waals surface area (Å²) in [6.07, 6.45) is 0.507. The molecule has 1 heterocycles. The fraction of sp³-hybridized carbons (Fsp3) is 0.929. The Morgan fingerprint density at radius 2 is 2.05 bits per heavy atom. The second-order valence-corrected chi connectivity index (χ2v) is 5.82. The van der Waals surface area contributed by atoms with Crippen molar-refractivity contribution in [2.45, 2.75) is 38.9 Å². The van der Waals surface area contributed by atoms with Gasteiger partial charge in [-0.3, -0.25) is 0 Å². The summed E-state index contributed by atoms with van der Waals surface area (Å²) in [5, 5.41) is 0. The Bertz CT molecular complexity index is 290. The number of carbonyl (C=O) groups is 1. The lowest BCUT2D eigenvalue weighted by Gasteiger charge is -2.26. The minimum Gasteiger partial charge on any atom is -0.444 e. The number of methoxy groups -OCH3 is 1. The summed E-state index contributed by atoms with van der Waals surface area (Å²) < 4.78 is 21.4. The molecule has 1 amide bonds. The third-order valence-corrected chi connectivity index (χ3v) is 2.82. The number of nitrogens with zero attached hydrogens (tertiary/aromatic N) is 1. The third kappa shape index (κ3) is 7.07. The van der Waals surface area contributed by atoms with Gasteiger partial charge in [-0.15, -0.1) is 0 Å². The van der Waals surface area contributed by atoms with Gasteiger partial charge in [0.15, 0.2) is 0 Å². The van der Waals surface area contributed by atoms with Gasteiger partial charge in [-0.25, -0.2) is 4.79 Å². The van der Waals surface area contributed by atoms with Crippen molar-refractivity contribution in [2.24, 2.45) is 0 Å². The summed E-state index contributed by atoms with van der Waals surface area (Å²) >= 11 is 0. The lowest BCUT2D eigenvalue weighted by atomic mass is 10.2. The number of amides is 1. The van der Waals surface area contributed by atoms with Gasteiger partial charge in [0.2, 0.25) is 0 Å². The molecular weight excluding hydrogens is 262 g/mol. The van der Waals surface area contributed by atoms with Gasteiger partial charge in [0.05, 0.1) is 32.5 Å². The Labute approximate surface area is 121 Å². The second kappa shape index (κ2) is 8.44. The molecule has 1 aliphatic heterocycles. The molecule has 1 aliphatic rings. The van der Waals surface area contributed by atoms with Crippen LogP contribution < -0.4 is 0 Å². The van der Waals surface area contributed by atoms with Crippen LogP contribution in [0.15, 0.2) is 0 Å². The summed E-state index contributed by atoms with van der Waals surface area (Å²) in [5.41, 5.74) is -0.465. The Kier molecular flexibility index (Phi) is 7.26. The van der Waals surface area contributed by atoms with Gasteiger partial charge in [0.1, 0.15) is 5.60 Å².